The van der Waals surface area contributed by atoms with Gasteiger partial charge in [0, 0.05) is 23.3 Å². The summed E-state index contributed by atoms with van der Waals surface area (Å²) in [5.41, 5.74) is 1.26. The Morgan fingerprint density at radius 1 is 1.00 bits per heavy atom. The third-order valence-corrected chi connectivity index (χ3v) is 2.93. The van der Waals surface area contributed by atoms with Crippen molar-refractivity contribution >= 4 is 10.8 Å². The maximum Gasteiger partial charge on any atom is 0.124 e. The molecule has 88 valence electrons. The molecule has 0 amide bonds. The molecule has 0 saturated carbocycles. The number of phenolic OH excluding ortho intramolecular Hbond substituents is 1. The standard InChI is InChI=1S/C15H10FNO/c16-11-4-5-15(18)13(8-11)12-3-1-2-10-6-7-17-9-14(10)12/h1-9,18H. The van der Waals surface area contributed by atoms with E-state index in [1.807, 2.05) is 24.3 Å². The predicted molar refractivity (Wildman–Crippen MR) is 68.8 cm³/mol. The molecule has 0 fully saturated rings. The van der Waals surface area contributed by atoms with Gasteiger partial charge in [-0.3, -0.25) is 4.98 Å². The summed E-state index contributed by atoms with van der Waals surface area (Å²) in [6.45, 7) is 0. The van der Waals surface area contributed by atoms with Gasteiger partial charge in [0.1, 0.15) is 11.6 Å². The Balaban J connectivity index is 2.35. The summed E-state index contributed by atoms with van der Waals surface area (Å²) in [6.07, 6.45) is 3.42. The zero-order valence-corrected chi connectivity index (χ0v) is 9.47. The Kier molecular flexibility index (Phi) is 2.45. The number of fused-ring (bicyclic) bond motifs is 1. The monoisotopic (exact) mass is 239 g/mol. The highest BCUT2D eigenvalue weighted by molar-refractivity contribution is 5.97. The fourth-order valence-corrected chi connectivity index (χ4v) is 2.07. The topological polar surface area (TPSA) is 33.1 Å². The largest absolute Gasteiger partial charge is 0.507 e. The van der Waals surface area contributed by atoms with Crippen LogP contribution in [-0.2, 0) is 0 Å². The molecule has 0 aliphatic heterocycles. The highest BCUT2D eigenvalue weighted by Gasteiger charge is 2.09. The first kappa shape index (κ1) is 10.7. The lowest BCUT2D eigenvalue weighted by molar-refractivity contribution is 0.475. The molecule has 0 unspecified atom stereocenters. The van der Waals surface area contributed by atoms with Gasteiger partial charge < -0.3 is 5.11 Å². The van der Waals surface area contributed by atoms with Crippen molar-refractivity contribution in [1.29, 1.82) is 0 Å². The van der Waals surface area contributed by atoms with Crippen molar-refractivity contribution in [3.05, 3.63) is 60.7 Å². The molecular weight excluding hydrogens is 229 g/mol. The maximum absolute atomic E-state index is 13.3. The quantitative estimate of drug-likeness (QED) is 0.701. The van der Waals surface area contributed by atoms with Crippen molar-refractivity contribution in [2.24, 2.45) is 0 Å². The van der Waals surface area contributed by atoms with Crippen LogP contribution in [0.4, 0.5) is 4.39 Å². The van der Waals surface area contributed by atoms with Gasteiger partial charge in [-0.2, -0.15) is 0 Å². The Morgan fingerprint density at radius 3 is 2.78 bits per heavy atom. The first-order valence-electron chi connectivity index (χ1n) is 5.57. The van der Waals surface area contributed by atoms with Crippen molar-refractivity contribution in [3.8, 4) is 16.9 Å². The van der Waals surface area contributed by atoms with E-state index < -0.39 is 0 Å². The molecule has 18 heavy (non-hydrogen) atoms. The lowest BCUT2D eigenvalue weighted by Crippen LogP contribution is -1.85. The van der Waals surface area contributed by atoms with Crippen LogP contribution in [-0.4, -0.2) is 10.1 Å². The van der Waals surface area contributed by atoms with E-state index in [9.17, 15) is 9.50 Å². The number of benzene rings is 2. The number of rotatable bonds is 1. The zero-order valence-electron chi connectivity index (χ0n) is 9.47. The van der Waals surface area contributed by atoms with E-state index in [0.717, 1.165) is 16.3 Å². The molecule has 0 aliphatic rings. The molecule has 1 aromatic heterocycles. The lowest BCUT2D eigenvalue weighted by Gasteiger charge is -2.08. The Hall–Kier alpha value is -2.42. The summed E-state index contributed by atoms with van der Waals surface area (Å²) in [5.74, 6) is -0.309. The number of hydrogen-bond acceptors (Lipinski definition) is 2. The van der Waals surface area contributed by atoms with Crippen molar-refractivity contribution in [1.82, 2.24) is 4.98 Å². The molecule has 0 spiro atoms. The van der Waals surface area contributed by atoms with Crippen molar-refractivity contribution in [2.45, 2.75) is 0 Å². The van der Waals surface area contributed by atoms with E-state index >= 15 is 0 Å². The van der Waals surface area contributed by atoms with Crippen molar-refractivity contribution in [2.75, 3.05) is 0 Å². The Labute approximate surface area is 103 Å². The van der Waals surface area contributed by atoms with E-state index in [2.05, 4.69) is 4.98 Å². The fourth-order valence-electron chi connectivity index (χ4n) is 2.07. The van der Waals surface area contributed by atoms with Gasteiger partial charge in [-0.15, -0.1) is 0 Å². The molecule has 0 atom stereocenters. The van der Waals surface area contributed by atoms with Crippen LogP contribution in [0.25, 0.3) is 21.9 Å². The molecule has 0 saturated heterocycles. The molecule has 1 heterocycles. The number of pyridine rings is 1. The number of aromatic hydroxyl groups is 1. The van der Waals surface area contributed by atoms with Crippen molar-refractivity contribution in [3.63, 3.8) is 0 Å². The van der Waals surface area contributed by atoms with Gasteiger partial charge >= 0.3 is 0 Å². The Bertz CT molecular complexity index is 719. The van der Waals surface area contributed by atoms with E-state index in [1.165, 1.54) is 18.2 Å². The summed E-state index contributed by atoms with van der Waals surface area (Å²) >= 11 is 0. The lowest BCUT2D eigenvalue weighted by atomic mass is 9.99. The number of hydrogen-bond donors (Lipinski definition) is 1. The summed E-state index contributed by atoms with van der Waals surface area (Å²) in [4.78, 5) is 4.08. The molecule has 0 radical (unpaired) electrons. The molecule has 3 aromatic rings. The van der Waals surface area contributed by atoms with E-state index in [-0.39, 0.29) is 11.6 Å². The molecule has 2 nitrogen and oxygen atoms in total. The SMILES string of the molecule is Oc1ccc(F)cc1-c1cccc2ccncc12. The first-order chi connectivity index (χ1) is 8.75. The van der Waals surface area contributed by atoms with Crippen LogP contribution in [0.15, 0.2) is 54.9 Å². The zero-order chi connectivity index (χ0) is 12.5. The smallest absolute Gasteiger partial charge is 0.124 e. The average Bonchev–Trinajstić information content (AvgIpc) is 2.41. The predicted octanol–water partition coefficient (Wildman–Crippen LogP) is 3.75. The summed E-state index contributed by atoms with van der Waals surface area (Å²) in [6, 6.07) is 11.5. The molecule has 0 bridgehead atoms. The summed E-state index contributed by atoms with van der Waals surface area (Å²) in [5, 5.41) is 11.8. The second-order valence-electron chi connectivity index (χ2n) is 4.06. The second kappa shape index (κ2) is 4.11. The van der Waals surface area contributed by atoms with Crippen LogP contribution in [0.2, 0.25) is 0 Å². The van der Waals surface area contributed by atoms with E-state index in [1.54, 1.807) is 12.4 Å². The van der Waals surface area contributed by atoms with Gasteiger partial charge in [-0.05, 0) is 35.2 Å². The van der Waals surface area contributed by atoms with Crippen LogP contribution in [0, 0.1) is 5.82 Å². The molecule has 2 aromatic carbocycles. The number of nitrogens with zero attached hydrogens (tertiary/aromatic N) is 1. The summed E-state index contributed by atoms with van der Waals surface area (Å²) in [7, 11) is 0. The van der Waals surface area contributed by atoms with E-state index in [4.69, 9.17) is 0 Å². The number of aromatic nitrogens is 1. The highest BCUT2D eigenvalue weighted by Crippen LogP contribution is 2.34. The van der Waals surface area contributed by atoms with E-state index in [0.29, 0.717) is 5.56 Å². The van der Waals surface area contributed by atoms with Crippen LogP contribution < -0.4 is 0 Å². The molecule has 1 N–H and O–H groups in total. The maximum atomic E-state index is 13.3. The first-order valence-corrected chi connectivity index (χ1v) is 5.57. The van der Waals surface area contributed by atoms with Crippen molar-refractivity contribution < 1.29 is 9.50 Å². The third-order valence-electron chi connectivity index (χ3n) is 2.93. The highest BCUT2D eigenvalue weighted by atomic mass is 19.1. The second-order valence-corrected chi connectivity index (χ2v) is 4.06. The van der Waals surface area contributed by atoms with Crippen LogP contribution in [0.5, 0.6) is 5.75 Å². The Morgan fingerprint density at radius 2 is 1.89 bits per heavy atom. The molecular formula is C15H10FNO. The number of phenols is 1. The third kappa shape index (κ3) is 1.70. The number of halogens is 1. The average molecular weight is 239 g/mol. The molecule has 0 aliphatic carbocycles. The van der Waals surface area contributed by atoms with Gasteiger partial charge in [-0.1, -0.05) is 18.2 Å². The van der Waals surface area contributed by atoms with Gasteiger partial charge in [0.15, 0.2) is 0 Å². The minimum absolute atomic E-state index is 0.0627. The van der Waals surface area contributed by atoms with Gasteiger partial charge in [0.25, 0.3) is 0 Å². The minimum atomic E-state index is -0.372. The van der Waals surface area contributed by atoms with Gasteiger partial charge in [0.05, 0.1) is 0 Å². The minimum Gasteiger partial charge on any atom is -0.507 e. The fraction of sp³-hybridized carbons (Fsp3) is 0. The van der Waals surface area contributed by atoms with Gasteiger partial charge in [-0.25, -0.2) is 4.39 Å². The van der Waals surface area contributed by atoms with Gasteiger partial charge in [0.2, 0.25) is 0 Å². The summed E-state index contributed by atoms with van der Waals surface area (Å²) < 4.78 is 13.3. The molecule has 3 heteroatoms. The van der Waals surface area contributed by atoms with Crippen LogP contribution in [0.1, 0.15) is 0 Å². The normalized spacial score (nSPS) is 10.7. The van der Waals surface area contributed by atoms with Crippen LogP contribution >= 0.6 is 0 Å². The van der Waals surface area contributed by atoms with Crippen LogP contribution in [0.3, 0.4) is 0 Å². The molecule has 3 rings (SSSR count).